The summed E-state index contributed by atoms with van der Waals surface area (Å²) in [6.07, 6.45) is -4.44. The highest BCUT2D eigenvalue weighted by molar-refractivity contribution is 5.97. The van der Waals surface area contributed by atoms with E-state index in [4.69, 9.17) is 0 Å². The number of hydrogen-bond donors (Lipinski definition) is 2. The second-order valence-corrected chi connectivity index (χ2v) is 6.41. The van der Waals surface area contributed by atoms with Crippen LogP contribution in [0.4, 0.5) is 18.9 Å². The van der Waals surface area contributed by atoms with Crippen molar-refractivity contribution >= 4 is 17.5 Å². The summed E-state index contributed by atoms with van der Waals surface area (Å²) >= 11 is 0. The van der Waals surface area contributed by atoms with E-state index < -0.39 is 17.7 Å². The molecule has 0 saturated carbocycles. The van der Waals surface area contributed by atoms with E-state index in [0.29, 0.717) is 11.3 Å². The number of carbonyl (C=O) groups is 2. The van der Waals surface area contributed by atoms with E-state index in [0.717, 1.165) is 12.1 Å². The van der Waals surface area contributed by atoms with E-state index in [1.165, 1.54) is 41.3 Å². The zero-order valence-electron chi connectivity index (χ0n) is 14.2. The molecule has 1 saturated heterocycles. The minimum atomic E-state index is -4.45. The lowest BCUT2D eigenvalue weighted by Gasteiger charge is -2.17. The standard InChI is InChI=1S/C19H17F3N2O3/c20-19(21,22)14-3-1-2-12(8-14)10-24-11-13(9-17(24)26)18(27)23-15-4-6-16(25)7-5-15/h1-8,13,25H,9-11H2,(H,23,27). The highest BCUT2D eigenvalue weighted by Crippen LogP contribution is 2.30. The van der Waals surface area contributed by atoms with Gasteiger partial charge in [0, 0.05) is 25.2 Å². The van der Waals surface area contributed by atoms with Gasteiger partial charge in [0.05, 0.1) is 11.5 Å². The Morgan fingerprint density at radius 1 is 1.19 bits per heavy atom. The first-order valence-corrected chi connectivity index (χ1v) is 8.26. The third kappa shape index (κ3) is 4.58. The minimum Gasteiger partial charge on any atom is -0.508 e. The topological polar surface area (TPSA) is 69.6 Å². The van der Waals surface area contributed by atoms with Crippen LogP contribution in [-0.2, 0) is 22.3 Å². The maximum atomic E-state index is 12.8. The number of carbonyl (C=O) groups excluding carboxylic acids is 2. The fraction of sp³-hybridized carbons (Fsp3) is 0.263. The Labute approximate surface area is 153 Å². The molecule has 0 spiro atoms. The number of amides is 2. The molecule has 1 heterocycles. The molecule has 8 heteroatoms. The lowest BCUT2D eigenvalue weighted by atomic mass is 10.1. The Balaban J connectivity index is 1.63. The predicted octanol–water partition coefficient (Wildman–Crippen LogP) is 3.40. The number of hydrogen-bond acceptors (Lipinski definition) is 3. The zero-order chi connectivity index (χ0) is 19.6. The number of aromatic hydroxyl groups is 1. The Hall–Kier alpha value is -3.03. The number of halogens is 3. The largest absolute Gasteiger partial charge is 0.508 e. The number of nitrogens with zero attached hydrogens (tertiary/aromatic N) is 1. The maximum absolute atomic E-state index is 12.8. The number of phenolic OH excluding ortho intramolecular Hbond substituents is 1. The second kappa shape index (κ2) is 7.30. The van der Waals surface area contributed by atoms with Crippen LogP contribution in [0, 0.1) is 5.92 Å². The summed E-state index contributed by atoms with van der Waals surface area (Å²) in [5.74, 6) is -1.15. The maximum Gasteiger partial charge on any atom is 0.416 e. The molecule has 2 N–H and O–H groups in total. The smallest absolute Gasteiger partial charge is 0.416 e. The number of rotatable bonds is 4. The molecule has 0 aromatic heterocycles. The number of alkyl halides is 3. The summed E-state index contributed by atoms with van der Waals surface area (Å²) in [6, 6.07) is 10.7. The van der Waals surface area contributed by atoms with Gasteiger partial charge in [0.25, 0.3) is 0 Å². The SMILES string of the molecule is O=C(Nc1ccc(O)cc1)C1CC(=O)N(Cc2cccc(C(F)(F)F)c2)C1. The van der Waals surface area contributed by atoms with Gasteiger partial charge in [-0.05, 0) is 42.0 Å². The molecule has 1 aliphatic heterocycles. The lowest BCUT2D eigenvalue weighted by Crippen LogP contribution is -2.28. The van der Waals surface area contributed by atoms with Crippen molar-refractivity contribution in [2.24, 2.45) is 5.92 Å². The summed E-state index contributed by atoms with van der Waals surface area (Å²) in [4.78, 5) is 25.9. The van der Waals surface area contributed by atoms with Crippen molar-refractivity contribution in [2.75, 3.05) is 11.9 Å². The number of nitrogens with one attached hydrogen (secondary N) is 1. The molecule has 27 heavy (non-hydrogen) atoms. The zero-order valence-corrected chi connectivity index (χ0v) is 14.2. The van der Waals surface area contributed by atoms with Crippen LogP contribution < -0.4 is 5.32 Å². The number of phenols is 1. The molecule has 2 aromatic carbocycles. The summed E-state index contributed by atoms with van der Waals surface area (Å²) in [5.41, 5.74) is 0.0765. The molecule has 1 atom stereocenters. The molecular formula is C19H17F3N2O3. The Bertz CT molecular complexity index is 850. The van der Waals surface area contributed by atoms with E-state index in [-0.39, 0.29) is 37.1 Å². The highest BCUT2D eigenvalue weighted by atomic mass is 19.4. The minimum absolute atomic E-state index is 0.00286. The van der Waals surface area contributed by atoms with Gasteiger partial charge in [-0.3, -0.25) is 9.59 Å². The van der Waals surface area contributed by atoms with Crippen LogP contribution in [0.2, 0.25) is 0 Å². The summed E-state index contributed by atoms with van der Waals surface area (Å²) in [5, 5.41) is 11.9. The van der Waals surface area contributed by atoms with Crippen molar-refractivity contribution in [3.8, 4) is 5.75 Å². The molecular weight excluding hydrogens is 361 g/mol. The molecule has 0 radical (unpaired) electrons. The molecule has 0 aliphatic carbocycles. The van der Waals surface area contributed by atoms with Crippen molar-refractivity contribution in [1.82, 2.24) is 4.90 Å². The first kappa shape index (κ1) is 18.8. The predicted molar refractivity (Wildman–Crippen MR) is 91.7 cm³/mol. The summed E-state index contributed by atoms with van der Waals surface area (Å²) in [7, 11) is 0. The van der Waals surface area contributed by atoms with E-state index in [9.17, 15) is 27.9 Å². The Morgan fingerprint density at radius 2 is 1.89 bits per heavy atom. The molecule has 142 valence electrons. The number of benzene rings is 2. The molecule has 2 amide bonds. The third-order valence-electron chi connectivity index (χ3n) is 4.35. The molecule has 2 aromatic rings. The summed E-state index contributed by atoms with van der Waals surface area (Å²) < 4.78 is 38.4. The Kier molecular flexibility index (Phi) is 5.07. The second-order valence-electron chi connectivity index (χ2n) is 6.41. The van der Waals surface area contributed by atoms with Crippen molar-refractivity contribution in [3.63, 3.8) is 0 Å². The van der Waals surface area contributed by atoms with Crippen LogP contribution in [0.5, 0.6) is 5.75 Å². The molecule has 3 rings (SSSR count). The van der Waals surface area contributed by atoms with Crippen molar-refractivity contribution in [1.29, 1.82) is 0 Å². The van der Waals surface area contributed by atoms with E-state index >= 15 is 0 Å². The normalized spacial score (nSPS) is 17.2. The van der Waals surface area contributed by atoms with E-state index in [2.05, 4.69) is 5.32 Å². The summed E-state index contributed by atoms with van der Waals surface area (Å²) in [6.45, 7) is 0.157. The van der Waals surface area contributed by atoms with Gasteiger partial charge in [-0.25, -0.2) is 0 Å². The monoisotopic (exact) mass is 378 g/mol. The molecule has 1 unspecified atom stereocenters. The van der Waals surface area contributed by atoms with Gasteiger partial charge < -0.3 is 15.3 Å². The fourth-order valence-electron chi connectivity index (χ4n) is 2.96. The average Bonchev–Trinajstić information content (AvgIpc) is 2.97. The molecule has 0 bridgehead atoms. The average molecular weight is 378 g/mol. The lowest BCUT2D eigenvalue weighted by molar-refractivity contribution is -0.137. The Morgan fingerprint density at radius 3 is 2.56 bits per heavy atom. The van der Waals surface area contributed by atoms with Gasteiger partial charge in [0.15, 0.2) is 0 Å². The number of likely N-dealkylation sites (tertiary alicyclic amines) is 1. The van der Waals surface area contributed by atoms with Crippen LogP contribution in [0.25, 0.3) is 0 Å². The van der Waals surface area contributed by atoms with E-state index in [1.807, 2.05) is 0 Å². The van der Waals surface area contributed by atoms with Crippen LogP contribution in [0.3, 0.4) is 0 Å². The fourth-order valence-corrected chi connectivity index (χ4v) is 2.96. The van der Waals surface area contributed by atoms with Crippen molar-refractivity contribution in [2.45, 2.75) is 19.1 Å². The third-order valence-corrected chi connectivity index (χ3v) is 4.35. The molecule has 5 nitrogen and oxygen atoms in total. The molecule has 1 fully saturated rings. The van der Waals surface area contributed by atoms with Gasteiger partial charge >= 0.3 is 6.18 Å². The van der Waals surface area contributed by atoms with Crippen LogP contribution >= 0.6 is 0 Å². The van der Waals surface area contributed by atoms with Gasteiger partial charge in [0.1, 0.15) is 5.75 Å². The quantitative estimate of drug-likeness (QED) is 0.802. The van der Waals surface area contributed by atoms with Gasteiger partial charge in [-0.15, -0.1) is 0 Å². The van der Waals surface area contributed by atoms with E-state index in [1.54, 1.807) is 0 Å². The number of anilines is 1. The van der Waals surface area contributed by atoms with Crippen LogP contribution in [0.1, 0.15) is 17.5 Å². The van der Waals surface area contributed by atoms with Crippen molar-refractivity contribution < 1.29 is 27.9 Å². The van der Waals surface area contributed by atoms with Gasteiger partial charge in [-0.1, -0.05) is 12.1 Å². The first-order chi connectivity index (χ1) is 12.7. The first-order valence-electron chi connectivity index (χ1n) is 8.26. The highest BCUT2D eigenvalue weighted by Gasteiger charge is 2.35. The van der Waals surface area contributed by atoms with Crippen LogP contribution in [0.15, 0.2) is 48.5 Å². The van der Waals surface area contributed by atoms with Crippen molar-refractivity contribution in [3.05, 3.63) is 59.7 Å². The van der Waals surface area contributed by atoms with Crippen LogP contribution in [-0.4, -0.2) is 28.4 Å². The van der Waals surface area contributed by atoms with Gasteiger partial charge in [-0.2, -0.15) is 13.2 Å². The molecule has 1 aliphatic rings. The van der Waals surface area contributed by atoms with Gasteiger partial charge in [0.2, 0.25) is 11.8 Å².